The summed E-state index contributed by atoms with van der Waals surface area (Å²) < 4.78 is 45.5. The fourth-order valence-electron chi connectivity index (χ4n) is 1.40. The van der Waals surface area contributed by atoms with Crippen molar-refractivity contribution in [2.45, 2.75) is 6.61 Å². The summed E-state index contributed by atoms with van der Waals surface area (Å²) in [5, 5.41) is 0. The first-order valence-corrected chi connectivity index (χ1v) is 5.94. The van der Waals surface area contributed by atoms with Crippen molar-refractivity contribution in [3.8, 4) is 5.75 Å². The SMILES string of the molecule is Nc1ncc(Br)cc1OCc1c(F)ccc(F)c1F. The molecular formula is C12H8BrF3N2O. The number of anilines is 1. The Kier molecular flexibility index (Phi) is 3.94. The van der Waals surface area contributed by atoms with E-state index in [4.69, 9.17) is 10.5 Å². The van der Waals surface area contributed by atoms with E-state index in [1.807, 2.05) is 0 Å². The molecule has 0 radical (unpaired) electrons. The number of rotatable bonds is 3. The third-order valence-corrected chi connectivity index (χ3v) is 2.79. The minimum Gasteiger partial charge on any atom is -0.485 e. The number of nitrogens with two attached hydrogens (primary N) is 1. The van der Waals surface area contributed by atoms with E-state index < -0.39 is 29.6 Å². The number of aromatic nitrogens is 1. The van der Waals surface area contributed by atoms with Crippen molar-refractivity contribution < 1.29 is 17.9 Å². The Hall–Kier alpha value is -1.76. The second-order valence-corrected chi connectivity index (χ2v) is 4.56. The second kappa shape index (κ2) is 5.48. The lowest BCUT2D eigenvalue weighted by molar-refractivity contribution is 0.290. The van der Waals surface area contributed by atoms with Gasteiger partial charge in [0.15, 0.2) is 23.2 Å². The average Bonchev–Trinajstić information content (AvgIpc) is 2.38. The molecule has 2 N–H and O–H groups in total. The zero-order chi connectivity index (χ0) is 14.0. The molecule has 0 spiro atoms. The molecule has 0 atom stereocenters. The van der Waals surface area contributed by atoms with E-state index in [2.05, 4.69) is 20.9 Å². The molecule has 2 rings (SSSR count). The van der Waals surface area contributed by atoms with Gasteiger partial charge in [0, 0.05) is 10.7 Å². The fourth-order valence-corrected chi connectivity index (χ4v) is 1.71. The molecule has 7 heteroatoms. The van der Waals surface area contributed by atoms with Gasteiger partial charge in [0.2, 0.25) is 0 Å². The van der Waals surface area contributed by atoms with Gasteiger partial charge >= 0.3 is 0 Å². The Morgan fingerprint density at radius 3 is 2.63 bits per heavy atom. The predicted molar refractivity (Wildman–Crippen MR) is 67.0 cm³/mol. The fraction of sp³-hybridized carbons (Fsp3) is 0.0833. The summed E-state index contributed by atoms with van der Waals surface area (Å²) in [5.41, 5.74) is 5.04. The van der Waals surface area contributed by atoms with Crippen LogP contribution in [0.1, 0.15) is 5.56 Å². The number of hydrogen-bond acceptors (Lipinski definition) is 3. The first-order valence-electron chi connectivity index (χ1n) is 5.15. The number of benzene rings is 1. The first-order chi connectivity index (χ1) is 8.99. The van der Waals surface area contributed by atoms with Gasteiger partial charge in [0.25, 0.3) is 0 Å². The second-order valence-electron chi connectivity index (χ2n) is 3.65. The third kappa shape index (κ3) is 2.98. The molecule has 3 nitrogen and oxygen atoms in total. The highest BCUT2D eigenvalue weighted by Gasteiger charge is 2.15. The lowest BCUT2D eigenvalue weighted by Gasteiger charge is -2.10. The Balaban J connectivity index is 2.24. The van der Waals surface area contributed by atoms with E-state index in [-0.39, 0.29) is 11.6 Å². The van der Waals surface area contributed by atoms with Gasteiger partial charge < -0.3 is 10.5 Å². The normalized spacial score (nSPS) is 10.5. The molecule has 100 valence electrons. The molecule has 0 saturated carbocycles. The Morgan fingerprint density at radius 1 is 1.21 bits per heavy atom. The van der Waals surface area contributed by atoms with E-state index in [0.717, 1.165) is 6.07 Å². The number of pyridine rings is 1. The van der Waals surface area contributed by atoms with Crippen LogP contribution >= 0.6 is 15.9 Å². The van der Waals surface area contributed by atoms with Crippen LogP contribution in [0.2, 0.25) is 0 Å². The third-order valence-electron chi connectivity index (χ3n) is 2.36. The lowest BCUT2D eigenvalue weighted by Crippen LogP contribution is -2.05. The molecule has 1 aromatic carbocycles. The van der Waals surface area contributed by atoms with Crippen molar-refractivity contribution in [1.82, 2.24) is 4.98 Å². The van der Waals surface area contributed by atoms with Crippen LogP contribution in [0.5, 0.6) is 5.75 Å². The summed E-state index contributed by atoms with van der Waals surface area (Å²) >= 11 is 3.16. The van der Waals surface area contributed by atoms with E-state index in [9.17, 15) is 13.2 Å². The molecule has 2 aromatic rings. The molecule has 0 aliphatic carbocycles. The molecular weight excluding hydrogens is 325 g/mol. The molecule has 0 bridgehead atoms. The standard InChI is InChI=1S/C12H8BrF3N2O/c13-6-3-10(12(17)18-4-6)19-5-7-8(14)1-2-9(15)11(7)16/h1-4H,5H2,(H2,17,18). The minimum atomic E-state index is -1.28. The summed E-state index contributed by atoms with van der Waals surface area (Å²) in [6.45, 7) is -0.488. The monoisotopic (exact) mass is 332 g/mol. The molecule has 0 aliphatic heterocycles. The van der Waals surface area contributed by atoms with Crippen LogP contribution in [-0.4, -0.2) is 4.98 Å². The maximum Gasteiger partial charge on any atom is 0.168 e. The topological polar surface area (TPSA) is 48.1 Å². The molecule has 1 aromatic heterocycles. The van der Waals surface area contributed by atoms with E-state index in [0.29, 0.717) is 10.5 Å². The van der Waals surface area contributed by atoms with E-state index in [1.165, 1.54) is 12.3 Å². The molecule has 1 heterocycles. The van der Waals surface area contributed by atoms with Gasteiger partial charge in [-0.25, -0.2) is 18.2 Å². The number of ether oxygens (including phenoxy) is 1. The quantitative estimate of drug-likeness (QED) is 0.876. The molecule has 0 fully saturated rings. The molecule has 0 aliphatic rings. The minimum absolute atomic E-state index is 0.0698. The van der Waals surface area contributed by atoms with Crippen LogP contribution in [0.3, 0.4) is 0 Å². The number of hydrogen-bond donors (Lipinski definition) is 1. The van der Waals surface area contributed by atoms with Gasteiger partial charge in [-0.1, -0.05) is 0 Å². The van der Waals surface area contributed by atoms with Crippen LogP contribution in [0.25, 0.3) is 0 Å². The lowest BCUT2D eigenvalue weighted by atomic mass is 10.2. The zero-order valence-corrected chi connectivity index (χ0v) is 11.0. The largest absolute Gasteiger partial charge is 0.485 e. The van der Waals surface area contributed by atoms with E-state index in [1.54, 1.807) is 0 Å². The predicted octanol–water partition coefficient (Wildman–Crippen LogP) is 3.42. The summed E-state index contributed by atoms with van der Waals surface area (Å²) in [7, 11) is 0. The van der Waals surface area contributed by atoms with Gasteiger partial charge in [-0.05, 0) is 34.1 Å². The summed E-state index contributed by atoms with van der Waals surface area (Å²) in [5.74, 6) is -3.08. The molecule has 0 amide bonds. The van der Waals surface area contributed by atoms with Gasteiger partial charge in [-0.3, -0.25) is 0 Å². The van der Waals surface area contributed by atoms with Crippen LogP contribution in [0.4, 0.5) is 19.0 Å². The van der Waals surface area contributed by atoms with Gasteiger partial charge in [-0.15, -0.1) is 0 Å². The number of halogens is 4. The van der Waals surface area contributed by atoms with Crippen molar-refractivity contribution >= 4 is 21.7 Å². The highest BCUT2D eigenvalue weighted by atomic mass is 79.9. The smallest absolute Gasteiger partial charge is 0.168 e. The Bertz CT molecular complexity index is 622. The van der Waals surface area contributed by atoms with Crippen LogP contribution in [0, 0.1) is 17.5 Å². The highest BCUT2D eigenvalue weighted by Crippen LogP contribution is 2.25. The van der Waals surface area contributed by atoms with Crippen LogP contribution in [-0.2, 0) is 6.61 Å². The number of nitrogen functional groups attached to an aromatic ring is 1. The van der Waals surface area contributed by atoms with Gasteiger partial charge in [0.1, 0.15) is 12.4 Å². The van der Waals surface area contributed by atoms with Crippen LogP contribution < -0.4 is 10.5 Å². The zero-order valence-electron chi connectivity index (χ0n) is 9.46. The summed E-state index contributed by atoms with van der Waals surface area (Å²) in [4.78, 5) is 3.80. The van der Waals surface area contributed by atoms with Gasteiger partial charge in [0.05, 0.1) is 5.56 Å². The van der Waals surface area contributed by atoms with Crippen molar-refractivity contribution in [3.05, 3.63) is 51.9 Å². The average molecular weight is 333 g/mol. The van der Waals surface area contributed by atoms with Crippen molar-refractivity contribution in [3.63, 3.8) is 0 Å². The van der Waals surface area contributed by atoms with Crippen LogP contribution in [0.15, 0.2) is 28.9 Å². The highest BCUT2D eigenvalue weighted by molar-refractivity contribution is 9.10. The Labute approximate surface area is 115 Å². The molecule has 19 heavy (non-hydrogen) atoms. The summed E-state index contributed by atoms with van der Waals surface area (Å²) in [6.07, 6.45) is 1.45. The van der Waals surface area contributed by atoms with Crippen molar-refractivity contribution in [1.29, 1.82) is 0 Å². The summed E-state index contributed by atoms with van der Waals surface area (Å²) in [6, 6.07) is 3.04. The van der Waals surface area contributed by atoms with Crippen molar-refractivity contribution in [2.24, 2.45) is 0 Å². The van der Waals surface area contributed by atoms with Gasteiger partial charge in [-0.2, -0.15) is 0 Å². The molecule has 0 saturated heterocycles. The maximum absolute atomic E-state index is 13.4. The first kappa shape index (κ1) is 13.7. The maximum atomic E-state index is 13.4. The number of nitrogens with zero attached hydrogens (tertiary/aromatic N) is 1. The van der Waals surface area contributed by atoms with E-state index >= 15 is 0 Å². The van der Waals surface area contributed by atoms with Crippen molar-refractivity contribution in [2.75, 3.05) is 5.73 Å². The Morgan fingerprint density at radius 2 is 1.89 bits per heavy atom. The molecule has 0 unspecified atom stereocenters.